The van der Waals surface area contributed by atoms with Gasteiger partial charge in [-0.3, -0.25) is 9.59 Å². The minimum Gasteiger partial charge on any atom is -0.481 e. The molecule has 0 aliphatic carbocycles. The number of allylic oxidation sites excluding steroid dienone is 1. The Morgan fingerprint density at radius 1 is 1.25 bits per heavy atom. The molecule has 0 heterocycles. The highest BCUT2D eigenvalue weighted by Gasteiger charge is 2.11. The van der Waals surface area contributed by atoms with Gasteiger partial charge in [-0.25, -0.2) is 0 Å². The van der Waals surface area contributed by atoms with Crippen LogP contribution in [0.15, 0.2) is 36.9 Å². The van der Waals surface area contributed by atoms with E-state index in [-0.39, 0.29) is 0 Å². The third kappa shape index (κ3) is 8.08. The fourth-order valence-electron chi connectivity index (χ4n) is 1.21. The van der Waals surface area contributed by atoms with Gasteiger partial charge < -0.3 is 9.84 Å². The molecule has 0 amide bonds. The third-order valence-electron chi connectivity index (χ3n) is 2.36. The maximum absolute atomic E-state index is 11.2. The van der Waals surface area contributed by atoms with Crippen molar-refractivity contribution in [2.24, 2.45) is 0 Å². The zero-order chi connectivity index (χ0) is 15.4. The summed E-state index contributed by atoms with van der Waals surface area (Å²) in [7, 11) is 0. The minimum absolute atomic E-state index is 0.383. The van der Waals surface area contributed by atoms with E-state index in [0.29, 0.717) is 12.2 Å². The van der Waals surface area contributed by atoms with Gasteiger partial charge in [-0.15, -0.1) is 6.58 Å². The zero-order valence-electron chi connectivity index (χ0n) is 12.1. The van der Waals surface area contributed by atoms with Crippen molar-refractivity contribution < 1.29 is 19.4 Å². The van der Waals surface area contributed by atoms with Crippen LogP contribution in [0.25, 0.3) is 0 Å². The summed E-state index contributed by atoms with van der Waals surface area (Å²) in [6.07, 6.45) is 4.25. The Labute approximate surface area is 120 Å². The number of esters is 1. The topological polar surface area (TPSA) is 63.6 Å². The minimum atomic E-state index is -1.20. The molecule has 0 saturated carbocycles. The molecule has 0 aromatic heterocycles. The number of carboxylic acid groups (broad SMARTS) is 1. The Morgan fingerprint density at radius 2 is 1.85 bits per heavy atom. The maximum atomic E-state index is 11.2. The van der Waals surface area contributed by atoms with Gasteiger partial charge in [-0.1, -0.05) is 51.0 Å². The van der Waals surface area contributed by atoms with E-state index in [0.717, 1.165) is 5.56 Å². The number of carbonyl (C=O) groups excluding carboxylic acids is 1. The quantitative estimate of drug-likeness (QED) is 0.374. The van der Waals surface area contributed by atoms with E-state index in [1.165, 1.54) is 12.8 Å². The second-order valence-electron chi connectivity index (χ2n) is 4.15. The van der Waals surface area contributed by atoms with Crippen molar-refractivity contribution in [3.05, 3.63) is 42.5 Å². The normalized spacial score (nSPS) is 9.10. The number of para-hydroxylation sites is 1. The Hall–Kier alpha value is -2.10. The molecule has 1 rings (SSSR count). The van der Waals surface area contributed by atoms with E-state index in [1.54, 1.807) is 24.3 Å². The van der Waals surface area contributed by atoms with Crippen LogP contribution in [0, 0.1) is 0 Å². The molecular weight excluding hydrogens is 256 g/mol. The molecule has 110 valence electrons. The summed E-state index contributed by atoms with van der Waals surface area (Å²) in [6, 6.07) is 6.95. The van der Waals surface area contributed by atoms with Crippen LogP contribution in [0.4, 0.5) is 0 Å². The maximum Gasteiger partial charge on any atom is 0.322 e. The first-order valence-corrected chi connectivity index (χ1v) is 6.66. The lowest BCUT2D eigenvalue weighted by atomic mass is 10.1. The molecule has 1 aromatic rings. The highest BCUT2D eigenvalue weighted by Crippen LogP contribution is 2.19. The molecule has 20 heavy (non-hydrogen) atoms. The van der Waals surface area contributed by atoms with E-state index < -0.39 is 18.4 Å². The summed E-state index contributed by atoms with van der Waals surface area (Å²) in [6.45, 7) is 7.95. The van der Waals surface area contributed by atoms with Gasteiger partial charge in [0.05, 0.1) is 0 Å². The van der Waals surface area contributed by atoms with Crippen molar-refractivity contribution in [3.8, 4) is 5.75 Å². The van der Waals surface area contributed by atoms with Crippen LogP contribution < -0.4 is 4.74 Å². The lowest BCUT2D eigenvalue weighted by Crippen LogP contribution is -2.14. The second kappa shape index (κ2) is 10.8. The van der Waals surface area contributed by atoms with E-state index in [1.807, 2.05) is 6.07 Å². The molecule has 4 heteroatoms. The molecule has 0 aliphatic heterocycles. The standard InChI is InChI=1S/C12H12O4.C4H10/c1-2-5-9-6-3-4-7-10(9)16-12(15)8-11(13)14;1-3-4-2/h2-4,6-7H,1,5,8H2,(H,13,14);3-4H2,1-2H3. The molecule has 1 aromatic carbocycles. The Kier molecular flexibility index (Phi) is 9.66. The summed E-state index contributed by atoms with van der Waals surface area (Å²) < 4.78 is 4.94. The van der Waals surface area contributed by atoms with Gasteiger partial charge in [0.1, 0.15) is 12.2 Å². The Bertz CT molecular complexity index is 436. The zero-order valence-corrected chi connectivity index (χ0v) is 12.1. The summed E-state index contributed by atoms with van der Waals surface area (Å²) in [4.78, 5) is 21.4. The Balaban J connectivity index is 0.000000796. The molecule has 0 spiro atoms. The van der Waals surface area contributed by atoms with Crippen LogP contribution in [-0.4, -0.2) is 17.0 Å². The second-order valence-corrected chi connectivity index (χ2v) is 4.15. The van der Waals surface area contributed by atoms with Gasteiger partial charge in [-0.05, 0) is 18.1 Å². The highest BCUT2D eigenvalue weighted by molar-refractivity contribution is 5.91. The number of benzene rings is 1. The first-order chi connectivity index (χ1) is 9.54. The van der Waals surface area contributed by atoms with Gasteiger partial charge in [-0.2, -0.15) is 0 Å². The number of aliphatic carboxylic acids is 1. The van der Waals surface area contributed by atoms with Crippen LogP contribution in [0.1, 0.15) is 38.7 Å². The van der Waals surface area contributed by atoms with Crippen molar-refractivity contribution in [2.75, 3.05) is 0 Å². The SMILES string of the molecule is C=CCc1ccccc1OC(=O)CC(=O)O.CCCC. The summed E-state index contributed by atoms with van der Waals surface area (Å²) in [5, 5.41) is 8.42. The average Bonchev–Trinajstić information content (AvgIpc) is 2.40. The molecule has 0 fully saturated rings. The van der Waals surface area contributed by atoms with Crippen molar-refractivity contribution >= 4 is 11.9 Å². The van der Waals surface area contributed by atoms with Crippen molar-refractivity contribution in [3.63, 3.8) is 0 Å². The monoisotopic (exact) mass is 278 g/mol. The van der Waals surface area contributed by atoms with E-state index >= 15 is 0 Å². The number of carboxylic acids is 1. The molecule has 1 N–H and O–H groups in total. The van der Waals surface area contributed by atoms with Gasteiger partial charge in [0, 0.05) is 0 Å². The number of carbonyl (C=O) groups is 2. The number of hydrogen-bond acceptors (Lipinski definition) is 3. The Morgan fingerprint density at radius 3 is 2.35 bits per heavy atom. The predicted molar refractivity (Wildman–Crippen MR) is 78.8 cm³/mol. The third-order valence-corrected chi connectivity index (χ3v) is 2.36. The first kappa shape index (κ1) is 17.9. The first-order valence-electron chi connectivity index (χ1n) is 6.66. The fourth-order valence-corrected chi connectivity index (χ4v) is 1.21. The summed E-state index contributed by atoms with van der Waals surface area (Å²) >= 11 is 0. The van der Waals surface area contributed by atoms with Gasteiger partial charge in [0.2, 0.25) is 0 Å². The largest absolute Gasteiger partial charge is 0.481 e. The summed E-state index contributed by atoms with van der Waals surface area (Å²) in [5.74, 6) is -1.59. The molecule has 0 radical (unpaired) electrons. The number of hydrogen-bond donors (Lipinski definition) is 1. The molecule has 0 unspecified atom stereocenters. The van der Waals surface area contributed by atoms with Gasteiger partial charge in [0.15, 0.2) is 0 Å². The molecule has 0 aliphatic rings. The van der Waals surface area contributed by atoms with Crippen molar-refractivity contribution in [2.45, 2.75) is 39.5 Å². The highest BCUT2D eigenvalue weighted by atomic mass is 16.5. The predicted octanol–water partition coefficient (Wildman–Crippen LogP) is 3.60. The lowest BCUT2D eigenvalue weighted by Gasteiger charge is -2.07. The smallest absolute Gasteiger partial charge is 0.322 e. The van der Waals surface area contributed by atoms with Crippen molar-refractivity contribution in [1.82, 2.24) is 0 Å². The van der Waals surface area contributed by atoms with Crippen LogP contribution in [0.3, 0.4) is 0 Å². The molecule has 0 atom stereocenters. The number of ether oxygens (including phenoxy) is 1. The van der Waals surface area contributed by atoms with Crippen molar-refractivity contribution in [1.29, 1.82) is 0 Å². The van der Waals surface area contributed by atoms with Crippen LogP contribution in [0.5, 0.6) is 5.75 Å². The van der Waals surface area contributed by atoms with Gasteiger partial charge >= 0.3 is 11.9 Å². The molecule has 0 bridgehead atoms. The molecule has 4 nitrogen and oxygen atoms in total. The van der Waals surface area contributed by atoms with E-state index in [2.05, 4.69) is 20.4 Å². The van der Waals surface area contributed by atoms with Gasteiger partial charge in [0.25, 0.3) is 0 Å². The van der Waals surface area contributed by atoms with E-state index in [9.17, 15) is 9.59 Å². The van der Waals surface area contributed by atoms with Crippen LogP contribution in [-0.2, 0) is 16.0 Å². The lowest BCUT2D eigenvalue weighted by molar-refractivity contribution is -0.145. The number of rotatable bonds is 6. The molecular formula is C16H22O4. The van der Waals surface area contributed by atoms with Crippen LogP contribution >= 0.6 is 0 Å². The van der Waals surface area contributed by atoms with Crippen LogP contribution in [0.2, 0.25) is 0 Å². The fraction of sp³-hybridized carbons (Fsp3) is 0.375. The molecule has 0 saturated heterocycles. The summed E-state index contributed by atoms with van der Waals surface area (Å²) in [5.41, 5.74) is 0.802. The average molecular weight is 278 g/mol. The number of unbranched alkanes of at least 4 members (excludes halogenated alkanes) is 1. The van der Waals surface area contributed by atoms with E-state index in [4.69, 9.17) is 9.84 Å².